The summed E-state index contributed by atoms with van der Waals surface area (Å²) in [5, 5.41) is 7.56. The van der Waals surface area contributed by atoms with Gasteiger partial charge in [-0.05, 0) is 59.5 Å². The van der Waals surface area contributed by atoms with Crippen molar-refractivity contribution in [2.75, 3.05) is 5.32 Å². The van der Waals surface area contributed by atoms with E-state index in [1.54, 1.807) is 42.1 Å². The highest BCUT2D eigenvalue weighted by Gasteiger charge is 2.15. The molecular formula is C27H22N2O2S2. The summed E-state index contributed by atoms with van der Waals surface area (Å²) < 4.78 is 0. The molecule has 2 N–H and O–H groups in total. The molecule has 2 amide bonds. The molecule has 164 valence electrons. The van der Waals surface area contributed by atoms with Gasteiger partial charge in [0.25, 0.3) is 11.8 Å². The van der Waals surface area contributed by atoms with Crippen molar-refractivity contribution in [1.82, 2.24) is 5.32 Å². The first kappa shape index (κ1) is 22.6. The predicted octanol–water partition coefficient (Wildman–Crippen LogP) is 6.45. The molecule has 4 aromatic rings. The van der Waals surface area contributed by atoms with Crippen LogP contribution in [0.15, 0.2) is 113 Å². The van der Waals surface area contributed by atoms with Gasteiger partial charge in [0, 0.05) is 26.8 Å². The van der Waals surface area contributed by atoms with Crippen LogP contribution in [0.3, 0.4) is 0 Å². The third kappa shape index (κ3) is 6.68. The number of thioether (sulfide) groups is 1. The van der Waals surface area contributed by atoms with E-state index in [0.29, 0.717) is 11.3 Å². The summed E-state index contributed by atoms with van der Waals surface area (Å²) in [6.45, 7) is 0. The summed E-state index contributed by atoms with van der Waals surface area (Å²) in [7, 11) is 0. The second kappa shape index (κ2) is 11.3. The molecule has 1 aromatic heterocycles. The van der Waals surface area contributed by atoms with Gasteiger partial charge in [-0.15, -0.1) is 23.1 Å². The average Bonchev–Trinajstić information content (AvgIpc) is 3.37. The van der Waals surface area contributed by atoms with Crippen molar-refractivity contribution in [3.63, 3.8) is 0 Å². The average molecular weight is 471 g/mol. The standard InChI is InChI=1S/C27H22N2O2S2/c30-26(21-10-5-2-6-11-21)29-25(18-24-12-7-17-32-24)27(31)28-22-13-15-23(16-14-22)33-19-20-8-3-1-4-9-20/h1-18H,19H2,(H,28,31)(H,29,30)/b25-18-. The van der Waals surface area contributed by atoms with Crippen LogP contribution in [0, 0.1) is 0 Å². The van der Waals surface area contributed by atoms with E-state index in [1.165, 1.54) is 16.9 Å². The van der Waals surface area contributed by atoms with Crippen molar-refractivity contribution >= 4 is 46.7 Å². The van der Waals surface area contributed by atoms with Crippen molar-refractivity contribution in [3.05, 3.63) is 124 Å². The van der Waals surface area contributed by atoms with Crippen LogP contribution in [0.25, 0.3) is 6.08 Å². The maximum atomic E-state index is 13.0. The number of anilines is 1. The van der Waals surface area contributed by atoms with Crippen LogP contribution >= 0.6 is 23.1 Å². The van der Waals surface area contributed by atoms with Gasteiger partial charge >= 0.3 is 0 Å². The summed E-state index contributed by atoms with van der Waals surface area (Å²) in [5.74, 6) is 0.171. The Bertz CT molecular complexity index is 1220. The van der Waals surface area contributed by atoms with Gasteiger partial charge in [-0.25, -0.2) is 0 Å². The van der Waals surface area contributed by atoms with E-state index in [4.69, 9.17) is 0 Å². The quantitative estimate of drug-likeness (QED) is 0.230. The number of thiophene rings is 1. The first-order chi connectivity index (χ1) is 16.2. The Morgan fingerprint density at radius 3 is 2.18 bits per heavy atom. The summed E-state index contributed by atoms with van der Waals surface area (Å²) >= 11 is 3.23. The van der Waals surface area contributed by atoms with Crippen LogP contribution in [0.4, 0.5) is 5.69 Å². The Morgan fingerprint density at radius 1 is 0.818 bits per heavy atom. The highest BCUT2D eigenvalue weighted by atomic mass is 32.2. The lowest BCUT2D eigenvalue weighted by Gasteiger charge is -2.11. The fourth-order valence-corrected chi connectivity index (χ4v) is 4.54. The lowest BCUT2D eigenvalue weighted by molar-refractivity contribution is -0.113. The molecule has 0 aliphatic carbocycles. The Hall–Kier alpha value is -3.61. The van der Waals surface area contributed by atoms with Gasteiger partial charge in [-0.2, -0.15) is 0 Å². The Kier molecular flexibility index (Phi) is 7.74. The number of hydrogen-bond acceptors (Lipinski definition) is 4. The van der Waals surface area contributed by atoms with E-state index in [9.17, 15) is 9.59 Å². The van der Waals surface area contributed by atoms with Gasteiger partial charge in [0.05, 0.1) is 0 Å². The molecule has 33 heavy (non-hydrogen) atoms. The maximum Gasteiger partial charge on any atom is 0.272 e. The molecule has 4 rings (SSSR count). The van der Waals surface area contributed by atoms with E-state index in [-0.39, 0.29) is 17.5 Å². The predicted molar refractivity (Wildman–Crippen MR) is 137 cm³/mol. The lowest BCUT2D eigenvalue weighted by Crippen LogP contribution is -2.30. The minimum absolute atomic E-state index is 0.189. The molecule has 0 aliphatic rings. The monoisotopic (exact) mass is 470 g/mol. The number of carbonyl (C=O) groups excluding carboxylic acids is 2. The summed E-state index contributed by atoms with van der Waals surface area (Å²) in [6, 6.07) is 30.6. The van der Waals surface area contributed by atoms with Crippen LogP contribution < -0.4 is 10.6 Å². The topological polar surface area (TPSA) is 58.2 Å². The first-order valence-corrected chi connectivity index (χ1v) is 12.2. The normalized spacial score (nSPS) is 11.1. The van der Waals surface area contributed by atoms with E-state index in [0.717, 1.165) is 15.5 Å². The molecule has 1 heterocycles. The minimum Gasteiger partial charge on any atom is -0.321 e. The largest absolute Gasteiger partial charge is 0.321 e. The third-order valence-corrected chi connectivity index (χ3v) is 6.62. The molecule has 0 radical (unpaired) electrons. The summed E-state index contributed by atoms with van der Waals surface area (Å²) in [5.41, 5.74) is 2.60. The number of benzene rings is 3. The van der Waals surface area contributed by atoms with Crippen LogP contribution in [0.2, 0.25) is 0 Å². The second-order valence-corrected chi connectivity index (χ2v) is 9.17. The zero-order valence-electron chi connectivity index (χ0n) is 17.7. The van der Waals surface area contributed by atoms with Gasteiger partial charge in [-0.1, -0.05) is 54.6 Å². The second-order valence-electron chi connectivity index (χ2n) is 7.15. The van der Waals surface area contributed by atoms with Crippen LogP contribution in [0.5, 0.6) is 0 Å². The lowest BCUT2D eigenvalue weighted by atomic mass is 10.2. The maximum absolute atomic E-state index is 13.0. The number of carbonyl (C=O) groups is 2. The molecule has 0 spiro atoms. The fourth-order valence-electron chi connectivity index (χ4n) is 3.03. The first-order valence-electron chi connectivity index (χ1n) is 10.4. The number of amides is 2. The van der Waals surface area contributed by atoms with Crippen molar-refractivity contribution < 1.29 is 9.59 Å². The van der Waals surface area contributed by atoms with E-state index in [1.807, 2.05) is 66.0 Å². The van der Waals surface area contributed by atoms with E-state index in [2.05, 4.69) is 22.8 Å². The van der Waals surface area contributed by atoms with E-state index >= 15 is 0 Å². The van der Waals surface area contributed by atoms with Gasteiger partial charge in [0.15, 0.2) is 0 Å². The number of nitrogens with one attached hydrogen (secondary N) is 2. The molecule has 0 saturated heterocycles. The Labute approximate surface area is 201 Å². The van der Waals surface area contributed by atoms with Crippen molar-refractivity contribution in [1.29, 1.82) is 0 Å². The fraction of sp³-hybridized carbons (Fsp3) is 0.0370. The van der Waals surface area contributed by atoms with Gasteiger partial charge < -0.3 is 10.6 Å². The molecule has 4 nitrogen and oxygen atoms in total. The molecule has 6 heteroatoms. The Morgan fingerprint density at radius 2 is 1.52 bits per heavy atom. The number of hydrogen-bond donors (Lipinski definition) is 2. The molecule has 0 aliphatic heterocycles. The molecule has 3 aromatic carbocycles. The molecule has 0 unspecified atom stereocenters. The molecule has 0 bridgehead atoms. The van der Waals surface area contributed by atoms with Crippen LogP contribution in [-0.2, 0) is 10.5 Å². The molecular weight excluding hydrogens is 448 g/mol. The van der Waals surface area contributed by atoms with Crippen molar-refractivity contribution in [2.45, 2.75) is 10.6 Å². The highest BCUT2D eigenvalue weighted by molar-refractivity contribution is 7.98. The SMILES string of the molecule is O=C(Nc1ccc(SCc2ccccc2)cc1)/C(=C/c1cccs1)NC(=O)c1ccccc1. The van der Waals surface area contributed by atoms with E-state index < -0.39 is 0 Å². The van der Waals surface area contributed by atoms with Crippen molar-refractivity contribution in [2.24, 2.45) is 0 Å². The molecule has 0 atom stereocenters. The summed E-state index contributed by atoms with van der Waals surface area (Å²) in [6.07, 6.45) is 1.69. The molecule has 0 saturated carbocycles. The minimum atomic E-state index is -0.377. The number of rotatable bonds is 8. The highest BCUT2D eigenvalue weighted by Crippen LogP contribution is 2.24. The third-order valence-electron chi connectivity index (χ3n) is 4.72. The smallest absolute Gasteiger partial charge is 0.272 e. The van der Waals surface area contributed by atoms with Gasteiger partial charge in [0.2, 0.25) is 0 Å². The van der Waals surface area contributed by atoms with Crippen LogP contribution in [0.1, 0.15) is 20.8 Å². The van der Waals surface area contributed by atoms with Gasteiger partial charge in [0.1, 0.15) is 5.70 Å². The van der Waals surface area contributed by atoms with Crippen LogP contribution in [-0.4, -0.2) is 11.8 Å². The Balaban J connectivity index is 1.43. The summed E-state index contributed by atoms with van der Waals surface area (Å²) in [4.78, 5) is 27.6. The zero-order chi connectivity index (χ0) is 22.9. The van der Waals surface area contributed by atoms with Gasteiger partial charge in [-0.3, -0.25) is 9.59 Å². The molecule has 0 fully saturated rings. The zero-order valence-corrected chi connectivity index (χ0v) is 19.4. The van der Waals surface area contributed by atoms with Crippen molar-refractivity contribution in [3.8, 4) is 0 Å².